The Labute approximate surface area is 109 Å². The molecule has 0 aliphatic carbocycles. The average Bonchev–Trinajstić information content (AvgIpc) is 2.43. The number of nitrogens with zero attached hydrogens (tertiary/aromatic N) is 1. The standard InChI is InChI=1S/C11H15N3O3S/c1-17-10(15)4-5-18-7-9-3-2-8(6-13-9)11(16)14-12/h2-3,6H,4-5,7,12H2,1H3,(H,14,16). The van der Waals surface area contributed by atoms with Gasteiger partial charge in [0, 0.05) is 17.7 Å². The second kappa shape index (κ2) is 7.67. The normalized spacial score (nSPS) is 9.89. The number of aromatic nitrogens is 1. The van der Waals surface area contributed by atoms with Crippen molar-refractivity contribution in [2.45, 2.75) is 12.2 Å². The molecule has 98 valence electrons. The Morgan fingerprint density at radius 2 is 2.28 bits per heavy atom. The number of hydrogen-bond donors (Lipinski definition) is 2. The SMILES string of the molecule is COC(=O)CCSCc1ccc(C(=O)NN)cn1. The molecule has 0 spiro atoms. The number of hydrogen-bond acceptors (Lipinski definition) is 6. The van der Waals surface area contributed by atoms with Gasteiger partial charge >= 0.3 is 5.97 Å². The fourth-order valence-electron chi connectivity index (χ4n) is 1.16. The first kappa shape index (κ1) is 14.5. The lowest BCUT2D eigenvalue weighted by atomic mass is 10.2. The maximum absolute atomic E-state index is 11.2. The Morgan fingerprint density at radius 1 is 1.50 bits per heavy atom. The van der Waals surface area contributed by atoms with Gasteiger partial charge in [-0.1, -0.05) is 0 Å². The van der Waals surface area contributed by atoms with Crippen LogP contribution in [0.5, 0.6) is 0 Å². The number of hydrazine groups is 1. The summed E-state index contributed by atoms with van der Waals surface area (Å²) < 4.78 is 4.53. The molecule has 1 aromatic heterocycles. The summed E-state index contributed by atoms with van der Waals surface area (Å²) in [5, 5.41) is 0. The number of rotatable bonds is 6. The molecule has 0 fully saturated rings. The minimum absolute atomic E-state index is 0.217. The number of thioether (sulfide) groups is 1. The van der Waals surface area contributed by atoms with Crippen molar-refractivity contribution in [3.63, 3.8) is 0 Å². The second-order valence-corrected chi connectivity index (χ2v) is 4.50. The van der Waals surface area contributed by atoms with E-state index in [0.717, 1.165) is 5.69 Å². The van der Waals surface area contributed by atoms with E-state index in [9.17, 15) is 9.59 Å². The van der Waals surface area contributed by atoms with E-state index in [2.05, 4.69) is 9.72 Å². The predicted octanol–water partition coefficient (Wildman–Crippen LogP) is 0.481. The van der Waals surface area contributed by atoms with Crippen LogP contribution in [0.25, 0.3) is 0 Å². The van der Waals surface area contributed by atoms with Gasteiger partial charge in [0.05, 0.1) is 24.8 Å². The van der Waals surface area contributed by atoms with Gasteiger partial charge in [-0.3, -0.25) is 20.0 Å². The molecule has 1 heterocycles. The molecular formula is C11H15N3O3S. The Balaban J connectivity index is 2.35. The van der Waals surface area contributed by atoms with Crippen molar-refractivity contribution >= 4 is 23.6 Å². The summed E-state index contributed by atoms with van der Waals surface area (Å²) in [6.45, 7) is 0. The van der Waals surface area contributed by atoms with Crippen LogP contribution in [0.4, 0.5) is 0 Å². The van der Waals surface area contributed by atoms with Crippen molar-refractivity contribution in [3.05, 3.63) is 29.6 Å². The van der Waals surface area contributed by atoms with Crippen molar-refractivity contribution in [3.8, 4) is 0 Å². The third-order valence-corrected chi connectivity index (χ3v) is 3.14. The molecule has 1 rings (SSSR count). The fourth-order valence-corrected chi connectivity index (χ4v) is 2.00. The van der Waals surface area contributed by atoms with Crippen molar-refractivity contribution in [2.75, 3.05) is 12.9 Å². The Hall–Kier alpha value is -1.60. The molecular weight excluding hydrogens is 254 g/mol. The van der Waals surface area contributed by atoms with Crippen LogP contribution in [-0.2, 0) is 15.3 Å². The monoisotopic (exact) mass is 269 g/mol. The molecule has 0 radical (unpaired) electrons. The van der Waals surface area contributed by atoms with Crippen LogP contribution in [0.2, 0.25) is 0 Å². The molecule has 6 nitrogen and oxygen atoms in total. The van der Waals surface area contributed by atoms with Gasteiger partial charge in [-0.2, -0.15) is 11.8 Å². The van der Waals surface area contributed by atoms with E-state index in [0.29, 0.717) is 23.5 Å². The van der Waals surface area contributed by atoms with Crippen LogP contribution in [0, 0.1) is 0 Å². The largest absolute Gasteiger partial charge is 0.469 e. The first-order valence-electron chi connectivity index (χ1n) is 5.27. The van der Waals surface area contributed by atoms with Crippen molar-refractivity contribution in [1.82, 2.24) is 10.4 Å². The van der Waals surface area contributed by atoms with Gasteiger partial charge in [-0.05, 0) is 12.1 Å². The molecule has 7 heteroatoms. The lowest BCUT2D eigenvalue weighted by Crippen LogP contribution is -2.30. The highest BCUT2D eigenvalue weighted by molar-refractivity contribution is 7.98. The smallest absolute Gasteiger partial charge is 0.306 e. The maximum Gasteiger partial charge on any atom is 0.306 e. The van der Waals surface area contributed by atoms with Gasteiger partial charge in [0.15, 0.2) is 0 Å². The zero-order valence-electron chi connectivity index (χ0n) is 10.0. The van der Waals surface area contributed by atoms with E-state index in [4.69, 9.17) is 5.84 Å². The van der Waals surface area contributed by atoms with Crippen molar-refractivity contribution in [2.24, 2.45) is 5.84 Å². The third-order valence-electron chi connectivity index (χ3n) is 2.15. The summed E-state index contributed by atoms with van der Waals surface area (Å²) in [7, 11) is 1.37. The number of esters is 1. The second-order valence-electron chi connectivity index (χ2n) is 3.39. The maximum atomic E-state index is 11.2. The van der Waals surface area contributed by atoms with Gasteiger partial charge in [0.1, 0.15) is 0 Å². The quantitative estimate of drug-likeness (QED) is 0.256. The topological polar surface area (TPSA) is 94.3 Å². The van der Waals surface area contributed by atoms with E-state index in [1.807, 2.05) is 5.43 Å². The van der Waals surface area contributed by atoms with Crippen LogP contribution in [0.15, 0.2) is 18.3 Å². The molecule has 3 N–H and O–H groups in total. The fraction of sp³-hybridized carbons (Fsp3) is 0.364. The minimum Gasteiger partial charge on any atom is -0.469 e. The number of amides is 1. The number of methoxy groups -OCH3 is 1. The van der Waals surface area contributed by atoms with E-state index < -0.39 is 0 Å². The molecule has 0 aliphatic rings. The average molecular weight is 269 g/mol. The first-order valence-corrected chi connectivity index (χ1v) is 6.43. The van der Waals surface area contributed by atoms with E-state index in [-0.39, 0.29) is 11.9 Å². The molecule has 0 atom stereocenters. The van der Waals surface area contributed by atoms with Gasteiger partial charge < -0.3 is 4.74 Å². The molecule has 0 aromatic carbocycles. The summed E-state index contributed by atoms with van der Waals surface area (Å²) in [5.74, 6) is 5.78. The Kier molecular flexibility index (Phi) is 6.16. The van der Waals surface area contributed by atoms with Crippen molar-refractivity contribution in [1.29, 1.82) is 0 Å². The number of pyridine rings is 1. The summed E-state index contributed by atoms with van der Waals surface area (Å²) in [4.78, 5) is 26.2. The van der Waals surface area contributed by atoms with Gasteiger partial charge in [-0.15, -0.1) is 0 Å². The highest BCUT2D eigenvalue weighted by Crippen LogP contribution is 2.11. The zero-order valence-corrected chi connectivity index (χ0v) is 10.8. The molecule has 18 heavy (non-hydrogen) atoms. The van der Waals surface area contributed by atoms with Crippen LogP contribution < -0.4 is 11.3 Å². The molecule has 0 unspecified atom stereocenters. The van der Waals surface area contributed by atoms with E-state index >= 15 is 0 Å². The lowest BCUT2D eigenvalue weighted by molar-refractivity contribution is -0.140. The van der Waals surface area contributed by atoms with Crippen LogP contribution in [0.3, 0.4) is 0 Å². The van der Waals surface area contributed by atoms with Gasteiger partial charge in [-0.25, -0.2) is 5.84 Å². The number of carbonyl (C=O) groups excluding carboxylic acids is 2. The molecule has 0 bridgehead atoms. The summed E-state index contributed by atoms with van der Waals surface area (Å²) >= 11 is 1.58. The molecule has 1 aromatic rings. The number of nitrogens with one attached hydrogen (secondary N) is 1. The van der Waals surface area contributed by atoms with Crippen LogP contribution >= 0.6 is 11.8 Å². The third kappa shape index (κ3) is 4.72. The molecule has 0 saturated carbocycles. The number of carbonyl (C=O) groups is 2. The zero-order chi connectivity index (χ0) is 13.4. The molecule has 0 saturated heterocycles. The number of nitrogens with two attached hydrogens (primary N) is 1. The van der Waals surface area contributed by atoms with E-state index in [1.54, 1.807) is 23.9 Å². The minimum atomic E-state index is -0.368. The summed E-state index contributed by atoms with van der Waals surface area (Å²) in [5.41, 5.74) is 3.30. The van der Waals surface area contributed by atoms with Gasteiger partial charge in [0.25, 0.3) is 5.91 Å². The molecule has 0 aliphatic heterocycles. The van der Waals surface area contributed by atoms with Gasteiger partial charge in [0.2, 0.25) is 0 Å². The summed E-state index contributed by atoms with van der Waals surface area (Å²) in [6.07, 6.45) is 1.85. The summed E-state index contributed by atoms with van der Waals surface area (Å²) in [6, 6.07) is 3.42. The highest BCUT2D eigenvalue weighted by atomic mass is 32.2. The predicted molar refractivity (Wildman–Crippen MR) is 68.7 cm³/mol. The highest BCUT2D eigenvalue weighted by Gasteiger charge is 2.04. The lowest BCUT2D eigenvalue weighted by Gasteiger charge is -2.02. The van der Waals surface area contributed by atoms with E-state index in [1.165, 1.54) is 13.3 Å². The number of nitrogen functional groups attached to an aromatic ring is 1. The van der Waals surface area contributed by atoms with Crippen molar-refractivity contribution < 1.29 is 14.3 Å². The number of ether oxygens (including phenoxy) is 1. The Morgan fingerprint density at radius 3 is 2.83 bits per heavy atom. The molecule has 1 amide bonds. The first-order chi connectivity index (χ1) is 8.67. The van der Waals surface area contributed by atoms with Crippen LogP contribution in [-0.4, -0.2) is 29.7 Å². The van der Waals surface area contributed by atoms with Crippen LogP contribution in [0.1, 0.15) is 22.5 Å². The Bertz CT molecular complexity index is 408.